The Kier molecular flexibility index (Phi) is 12.5. The lowest BCUT2D eigenvalue weighted by Crippen LogP contribution is -2.54. The second-order valence-corrected chi connectivity index (χ2v) is 14.0. The van der Waals surface area contributed by atoms with Crippen molar-refractivity contribution in [2.75, 3.05) is 13.2 Å². The Morgan fingerprint density at radius 3 is 1.67 bits per heavy atom. The lowest BCUT2D eigenvalue weighted by atomic mass is 9.78. The van der Waals surface area contributed by atoms with Crippen molar-refractivity contribution in [3.8, 4) is 11.1 Å². The predicted octanol–water partition coefficient (Wildman–Crippen LogP) is 1.65. The molecular weight excluding hydrogens is 649 g/mol. The molecule has 0 radical (unpaired) electrons. The zero-order valence-electron chi connectivity index (χ0n) is 28.2. The van der Waals surface area contributed by atoms with Crippen molar-refractivity contribution < 1.29 is 61.0 Å². The molecule has 262 valence electrons. The lowest BCUT2D eigenvalue weighted by Gasteiger charge is -2.34. The molecule has 2 aromatic carbocycles. The summed E-state index contributed by atoms with van der Waals surface area (Å²) >= 11 is 0. The zero-order valence-corrected chi connectivity index (χ0v) is 29.0. The van der Waals surface area contributed by atoms with E-state index in [1.165, 1.54) is 12.1 Å². The van der Waals surface area contributed by atoms with Gasteiger partial charge in [-0.15, -0.1) is 0 Å². The van der Waals surface area contributed by atoms with E-state index >= 15 is 0 Å². The van der Waals surface area contributed by atoms with Gasteiger partial charge < -0.3 is 33.4 Å². The number of carbonyl (C=O) groups is 4. The van der Waals surface area contributed by atoms with Crippen LogP contribution in [0.3, 0.4) is 0 Å². The van der Waals surface area contributed by atoms with Crippen molar-refractivity contribution in [3.05, 3.63) is 48.5 Å². The predicted molar refractivity (Wildman–Crippen MR) is 172 cm³/mol. The van der Waals surface area contributed by atoms with Gasteiger partial charge in [-0.05, 0) is 56.4 Å². The Hall–Kier alpha value is -3.83. The molecule has 1 aliphatic heterocycles. The molecule has 1 fully saturated rings. The number of ether oxygens (including phenoxy) is 4. The van der Waals surface area contributed by atoms with E-state index in [2.05, 4.69) is 4.72 Å². The quantitative estimate of drug-likeness (QED) is 0.165. The van der Waals surface area contributed by atoms with Crippen molar-refractivity contribution >= 4 is 46.5 Å². The summed E-state index contributed by atoms with van der Waals surface area (Å²) in [5, 5.41) is 11.0. The van der Waals surface area contributed by atoms with Crippen LogP contribution in [-0.2, 0) is 57.5 Å². The Bertz CT molecular complexity index is 1560. The van der Waals surface area contributed by atoms with Crippen LogP contribution < -0.4 is 10.2 Å². The van der Waals surface area contributed by atoms with E-state index in [0.717, 1.165) is 44.3 Å². The molecule has 0 aromatic heterocycles. The number of esters is 4. The molecule has 1 aliphatic rings. The van der Waals surface area contributed by atoms with Gasteiger partial charge in [0, 0.05) is 34.2 Å². The average Bonchev–Trinajstić information content (AvgIpc) is 3.21. The molecule has 14 nitrogen and oxygen atoms in total. The van der Waals surface area contributed by atoms with Crippen LogP contribution in [0.1, 0.15) is 55.4 Å². The minimum absolute atomic E-state index is 0.125. The monoisotopic (exact) mass is 691 g/mol. The van der Waals surface area contributed by atoms with Crippen LogP contribution in [-0.4, -0.2) is 93.3 Å². The average molecular weight is 692 g/mol. The van der Waals surface area contributed by atoms with Crippen LogP contribution in [0.2, 0.25) is 0 Å². The summed E-state index contributed by atoms with van der Waals surface area (Å²) in [6.07, 6.45) is -6.74. The van der Waals surface area contributed by atoms with E-state index in [9.17, 15) is 32.7 Å². The van der Waals surface area contributed by atoms with Crippen LogP contribution >= 0.6 is 0 Å². The van der Waals surface area contributed by atoms with Gasteiger partial charge >= 0.3 is 31.0 Å². The van der Waals surface area contributed by atoms with Gasteiger partial charge in [-0.2, -0.15) is 0 Å². The fourth-order valence-electron chi connectivity index (χ4n) is 4.74. The van der Waals surface area contributed by atoms with Gasteiger partial charge in [0.05, 0.1) is 16.1 Å². The molecule has 16 heteroatoms. The first-order valence-electron chi connectivity index (χ1n) is 15.1. The third-order valence-corrected chi connectivity index (χ3v) is 9.30. The maximum Gasteiger partial charge on any atom is 0.494 e. The van der Waals surface area contributed by atoms with E-state index in [-0.39, 0.29) is 4.90 Å². The van der Waals surface area contributed by atoms with Crippen LogP contribution in [0.4, 0.5) is 0 Å². The normalized spacial score (nSPS) is 17.8. The zero-order chi connectivity index (χ0) is 36.0. The smallest absolute Gasteiger partial charge is 0.462 e. The third kappa shape index (κ3) is 10.1. The number of rotatable bonds is 14. The van der Waals surface area contributed by atoms with Gasteiger partial charge in [0.2, 0.25) is 10.0 Å². The molecule has 0 saturated carbocycles. The van der Waals surface area contributed by atoms with Crippen LogP contribution in [0.5, 0.6) is 0 Å². The van der Waals surface area contributed by atoms with Crippen molar-refractivity contribution in [2.24, 2.45) is 0 Å². The molecule has 0 spiro atoms. The van der Waals surface area contributed by atoms with E-state index in [4.69, 9.17) is 28.3 Å². The molecule has 4 atom stereocenters. The summed E-state index contributed by atoms with van der Waals surface area (Å²) in [7, 11) is -4.74. The highest BCUT2D eigenvalue weighted by Crippen LogP contribution is 2.36. The summed E-state index contributed by atoms with van der Waals surface area (Å²) < 4.78 is 61.2. The highest BCUT2D eigenvalue weighted by atomic mass is 32.2. The third-order valence-electron chi connectivity index (χ3n) is 7.86. The maximum absolute atomic E-state index is 13.2. The molecule has 2 N–H and O–H groups in total. The fraction of sp³-hybridized carbons (Fsp3) is 0.500. The molecule has 2 aromatic rings. The first-order valence-corrected chi connectivity index (χ1v) is 16.6. The largest absolute Gasteiger partial charge is 0.494 e. The number of benzene rings is 2. The van der Waals surface area contributed by atoms with Gasteiger partial charge in [0.15, 0.2) is 18.3 Å². The van der Waals surface area contributed by atoms with Gasteiger partial charge in [0.25, 0.3) is 0 Å². The van der Waals surface area contributed by atoms with Crippen LogP contribution in [0.25, 0.3) is 11.1 Å². The second kappa shape index (κ2) is 15.6. The number of carbonyl (C=O) groups excluding carboxylic acids is 4. The second-order valence-electron chi connectivity index (χ2n) is 12.3. The standard InChI is InChI=1S/C32H42BNO13S/c1-19(35)42-18-28(43-20(2)36)30(45-22(4)38)29(44-21(3)37)27(39)17-34-48(40,41)26-15-11-24(12-16-26)23-9-13-25(14-10-23)33-46-31(5,6)32(7,8)47-33/h9-16,27-30,34,39H,17-18H2,1-8H3/t27-,28+,29+,30+/m0/s1. The highest BCUT2D eigenvalue weighted by Gasteiger charge is 2.51. The minimum Gasteiger partial charge on any atom is -0.462 e. The Balaban J connectivity index is 1.75. The molecule has 3 rings (SSSR count). The van der Waals surface area contributed by atoms with Crippen molar-refractivity contribution in [1.82, 2.24) is 4.72 Å². The number of aliphatic hydroxyl groups is 1. The van der Waals surface area contributed by atoms with E-state index in [1.807, 2.05) is 52.0 Å². The maximum atomic E-state index is 13.2. The molecule has 1 heterocycles. The van der Waals surface area contributed by atoms with Gasteiger partial charge in [-0.3, -0.25) is 19.2 Å². The molecule has 0 aliphatic carbocycles. The molecule has 0 unspecified atom stereocenters. The van der Waals surface area contributed by atoms with E-state index in [1.54, 1.807) is 12.1 Å². The first-order chi connectivity index (χ1) is 22.2. The topological polar surface area (TPSA) is 190 Å². The highest BCUT2D eigenvalue weighted by molar-refractivity contribution is 7.89. The Morgan fingerprint density at radius 2 is 1.21 bits per heavy atom. The van der Waals surface area contributed by atoms with Gasteiger partial charge in [-0.25, -0.2) is 13.1 Å². The first kappa shape index (κ1) is 38.6. The number of nitrogens with one attached hydrogen (secondary N) is 1. The van der Waals surface area contributed by atoms with Crippen LogP contribution in [0, 0.1) is 0 Å². The van der Waals surface area contributed by atoms with Crippen molar-refractivity contribution in [2.45, 2.75) is 95.9 Å². The Labute approximate surface area is 280 Å². The molecular formula is C32H42BNO13S. The molecule has 1 saturated heterocycles. The lowest BCUT2D eigenvalue weighted by molar-refractivity contribution is -0.197. The van der Waals surface area contributed by atoms with E-state index in [0.29, 0.717) is 0 Å². The summed E-state index contributed by atoms with van der Waals surface area (Å²) in [4.78, 5) is 47.0. The Morgan fingerprint density at radius 1 is 0.750 bits per heavy atom. The number of hydrogen-bond donors (Lipinski definition) is 2. The number of hydrogen-bond acceptors (Lipinski definition) is 13. The molecule has 0 amide bonds. The fourth-order valence-corrected chi connectivity index (χ4v) is 5.80. The summed E-state index contributed by atoms with van der Waals surface area (Å²) in [5.74, 6) is -3.44. The summed E-state index contributed by atoms with van der Waals surface area (Å²) in [5.41, 5.74) is 1.43. The summed E-state index contributed by atoms with van der Waals surface area (Å²) in [6.45, 7) is 10.7. The molecule has 48 heavy (non-hydrogen) atoms. The number of sulfonamides is 1. The van der Waals surface area contributed by atoms with Crippen molar-refractivity contribution in [1.29, 1.82) is 0 Å². The number of aliphatic hydroxyl groups excluding tert-OH is 1. The van der Waals surface area contributed by atoms with Crippen molar-refractivity contribution in [3.63, 3.8) is 0 Å². The molecule has 0 bridgehead atoms. The minimum atomic E-state index is -4.21. The van der Waals surface area contributed by atoms with Crippen LogP contribution in [0.15, 0.2) is 53.4 Å². The van der Waals surface area contributed by atoms with E-state index < -0.39 is 89.8 Å². The SMILES string of the molecule is CC(=O)OC[C@@H](OC(C)=O)[C@@H](OC(C)=O)[C@H](OC(C)=O)[C@@H](O)CNS(=O)(=O)c1ccc(-c2ccc(B3OC(C)(C)C(C)(C)O3)cc2)cc1. The van der Waals surface area contributed by atoms with Gasteiger partial charge in [0.1, 0.15) is 12.7 Å². The summed E-state index contributed by atoms with van der Waals surface area (Å²) in [6, 6.07) is 13.5. The van der Waals surface area contributed by atoms with Gasteiger partial charge in [-0.1, -0.05) is 36.4 Å².